The van der Waals surface area contributed by atoms with Crippen LogP contribution in [0, 0.1) is 0 Å². The minimum Gasteiger partial charge on any atom is -0.497 e. The predicted octanol–water partition coefficient (Wildman–Crippen LogP) is 3.42. The lowest BCUT2D eigenvalue weighted by atomic mass is 10.1. The van der Waals surface area contributed by atoms with Crippen molar-refractivity contribution in [3.63, 3.8) is 0 Å². The minimum absolute atomic E-state index is 0.224. The van der Waals surface area contributed by atoms with E-state index in [4.69, 9.17) is 4.74 Å². The van der Waals surface area contributed by atoms with Crippen LogP contribution in [-0.2, 0) is 11.2 Å². The van der Waals surface area contributed by atoms with Gasteiger partial charge >= 0.3 is 0 Å². The molecule has 0 aliphatic heterocycles. The highest BCUT2D eigenvalue weighted by molar-refractivity contribution is 5.78. The standard InChI is InChI=1S/C17H25NO2/c1-18(15-7-5-3-4-6-8-15)17(19)13-14-9-11-16(20-2)12-10-14/h9-12,15H,3-8,13H2,1-2H3. The zero-order valence-corrected chi connectivity index (χ0v) is 12.6. The Balaban J connectivity index is 1.92. The third-order valence-corrected chi connectivity index (χ3v) is 4.28. The summed E-state index contributed by atoms with van der Waals surface area (Å²) in [6.45, 7) is 0. The molecular weight excluding hydrogens is 250 g/mol. The Labute approximate surface area is 121 Å². The summed E-state index contributed by atoms with van der Waals surface area (Å²) in [4.78, 5) is 14.3. The van der Waals surface area contributed by atoms with Crippen molar-refractivity contribution in [3.8, 4) is 5.75 Å². The van der Waals surface area contributed by atoms with Crippen LogP contribution in [0.2, 0.25) is 0 Å². The van der Waals surface area contributed by atoms with E-state index in [0.717, 1.165) is 24.2 Å². The summed E-state index contributed by atoms with van der Waals surface area (Å²) in [5, 5.41) is 0. The molecule has 1 aromatic carbocycles. The van der Waals surface area contributed by atoms with Crippen molar-refractivity contribution in [2.24, 2.45) is 0 Å². The van der Waals surface area contributed by atoms with Gasteiger partial charge in [0.2, 0.25) is 5.91 Å². The van der Waals surface area contributed by atoms with Crippen LogP contribution in [0.25, 0.3) is 0 Å². The molecular formula is C17H25NO2. The number of hydrogen-bond donors (Lipinski definition) is 0. The number of ether oxygens (including phenoxy) is 1. The van der Waals surface area contributed by atoms with Crippen molar-refractivity contribution in [2.75, 3.05) is 14.2 Å². The summed E-state index contributed by atoms with van der Waals surface area (Å²) in [5.41, 5.74) is 1.05. The summed E-state index contributed by atoms with van der Waals surface area (Å²) >= 11 is 0. The van der Waals surface area contributed by atoms with E-state index in [2.05, 4.69) is 0 Å². The summed E-state index contributed by atoms with van der Waals surface area (Å²) < 4.78 is 5.14. The molecule has 0 saturated heterocycles. The van der Waals surface area contributed by atoms with E-state index in [1.165, 1.54) is 25.7 Å². The molecule has 20 heavy (non-hydrogen) atoms. The molecule has 0 unspecified atom stereocenters. The Kier molecular flexibility index (Phi) is 5.45. The first-order valence-electron chi connectivity index (χ1n) is 7.59. The quantitative estimate of drug-likeness (QED) is 0.788. The van der Waals surface area contributed by atoms with Crippen molar-refractivity contribution in [1.29, 1.82) is 0 Å². The monoisotopic (exact) mass is 275 g/mol. The van der Waals surface area contributed by atoms with E-state index in [1.54, 1.807) is 7.11 Å². The van der Waals surface area contributed by atoms with Crippen molar-refractivity contribution in [3.05, 3.63) is 29.8 Å². The molecule has 0 spiro atoms. The van der Waals surface area contributed by atoms with E-state index >= 15 is 0 Å². The van der Waals surface area contributed by atoms with Crippen LogP contribution in [0.15, 0.2) is 24.3 Å². The van der Waals surface area contributed by atoms with Crippen LogP contribution in [-0.4, -0.2) is 31.0 Å². The summed E-state index contributed by atoms with van der Waals surface area (Å²) in [5.74, 6) is 1.06. The van der Waals surface area contributed by atoms with E-state index < -0.39 is 0 Å². The maximum atomic E-state index is 12.4. The van der Waals surface area contributed by atoms with Gasteiger partial charge in [-0.3, -0.25) is 4.79 Å². The van der Waals surface area contributed by atoms with Gasteiger partial charge in [-0.15, -0.1) is 0 Å². The number of methoxy groups -OCH3 is 1. The van der Waals surface area contributed by atoms with Crippen molar-refractivity contribution >= 4 is 5.91 Å². The molecule has 1 aliphatic carbocycles. The SMILES string of the molecule is COc1ccc(CC(=O)N(C)C2CCCCCC2)cc1. The number of nitrogens with zero attached hydrogens (tertiary/aromatic N) is 1. The van der Waals surface area contributed by atoms with Crippen LogP contribution < -0.4 is 4.74 Å². The molecule has 3 heteroatoms. The van der Waals surface area contributed by atoms with E-state index in [9.17, 15) is 4.79 Å². The molecule has 110 valence electrons. The zero-order valence-electron chi connectivity index (χ0n) is 12.6. The molecule has 0 heterocycles. The average Bonchev–Trinajstić information content (AvgIpc) is 2.76. The third-order valence-electron chi connectivity index (χ3n) is 4.28. The van der Waals surface area contributed by atoms with Crippen molar-refractivity contribution in [1.82, 2.24) is 4.90 Å². The molecule has 2 rings (SSSR count). The fraction of sp³-hybridized carbons (Fsp3) is 0.588. The normalized spacial score (nSPS) is 16.5. The first kappa shape index (κ1) is 14.9. The van der Waals surface area contributed by atoms with Gasteiger partial charge in [0.15, 0.2) is 0 Å². The largest absolute Gasteiger partial charge is 0.497 e. The smallest absolute Gasteiger partial charge is 0.226 e. The lowest BCUT2D eigenvalue weighted by molar-refractivity contribution is -0.131. The summed E-state index contributed by atoms with van der Waals surface area (Å²) in [6.07, 6.45) is 7.94. The van der Waals surface area contributed by atoms with E-state index in [-0.39, 0.29) is 5.91 Å². The van der Waals surface area contributed by atoms with E-state index in [1.807, 2.05) is 36.2 Å². The molecule has 1 aromatic rings. The maximum Gasteiger partial charge on any atom is 0.226 e. The number of carbonyl (C=O) groups excluding carboxylic acids is 1. The number of likely N-dealkylation sites (N-methyl/N-ethyl adjacent to an activating group) is 1. The topological polar surface area (TPSA) is 29.5 Å². The second-order valence-electron chi connectivity index (χ2n) is 5.67. The van der Waals surface area contributed by atoms with Crippen LogP contribution in [0.1, 0.15) is 44.1 Å². The number of rotatable bonds is 4. The molecule has 0 atom stereocenters. The van der Waals surface area contributed by atoms with Crippen LogP contribution in [0.3, 0.4) is 0 Å². The van der Waals surface area contributed by atoms with Crippen LogP contribution in [0.4, 0.5) is 0 Å². The predicted molar refractivity (Wildman–Crippen MR) is 81.0 cm³/mol. The van der Waals surface area contributed by atoms with Gasteiger partial charge in [0.25, 0.3) is 0 Å². The molecule has 0 aromatic heterocycles. The molecule has 1 saturated carbocycles. The van der Waals surface area contributed by atoms with Gasteiger partial charge in [0, 0.05) is 13.1 Å². The van der Waals surface area contributed by atoms with Crippen molar-refractivity contribution < 1.29 is 9.53 Å². The Hall–Kier alpha value is -1.51. The fourth-order valence-electron chi connectivity index (χ4n) is 2.89. The first-order chi connectivity index (χ1) is 9.70. The summed E-state index contributed by atoms with van der Waals surface area (Å²) in [7, 11) is 3.61. The highest BCUT2D eigenvalue weighted by atomic mass is 16.5. The molecule has 0 radical (unpaired) electrons. The van der Waals surface area contributed by atoms with Gasteiger partial charge in [-0.05, 0) is 30.5 Å². The van der Waals surface area contributed by atoms with Gasteiger partial charge in [-0.25, -0.2) is 0 Å². The molecule has 0 bridgehead atoms. The van der Waals surface area contributed by atoms with Gasteiger partial charge < -0.3 is 9.64 Å². The van der Waals surface area contributed by atoms with Crippen LogP contribution in [0.5, 0.6) is 5.75 Å². The van der Waals surface area contributed by atoms with Gasteiger partial charge in [-0.1, -0.05) is 37.8 Å². The highest BCUT2D eigenvalue weighted by Gasteiger charge is 2.21. The minimum atomic E-state index is 0.224. The Morgan fingerprint density at radius 3 is 2.30 bits per heavy atom. The van der Waals surface area contributed by atoms with Gasteiger partial charge in [0.1, 0.15) is 5.75 Å². The molecule has 0 N–H and O–H groups in total. The fourth-order valence-corrected chi connectivity index (χ4v) is 2.89. The highest BCUT2D eigenvalue weighted by Crippen LogP contribution is 2.22. The number of hydrogen-bond acceptors (Lipinski definition) is 2. The molecule has 1 fully saturated rings. The van der Waals surface area contributed by atoms with Crippen LogP contribution >= 0.6 is 0 Å². The Morgan fingerprint density at radius 2 is 1.75 bits per heavy atom. The first-order valence-corrected chi connectivity index (χ1v) is 7.59. The number of benzene rings is 1. The second kappa shape index (κ2) is 7.32. The third kappa shape index (κ3) is 3.99. The number of carbonyl (C=O) groups is 1. The van der Waals surface area contributed by atoms with Crippen molar-refractivity contribution in [2.45, 2.75) is 51.0 Å². The lowest BCUT2D eigenvalue weighted by Crippen LogP contribution is -2.37. The number of amides is 1. The molecule has 3 nitrogen and oxygen atoms in total. The Morgan fingerprint density at radius 1 is 1.15 bits per heavy atom. The van der Waals surface area contributed by atoms with Gasteiger partial charge in [-0.2, -0.15) is 0 Å². The zero-order chi connectivity index (χ0) is 14.4. The summed E-state index contributed by atoms with van der Waals surface area (Å²) in [6, 6.07) is 8.20. The Bertz CT molecular complexity index is 419. The second-order valence-corrected chi connectivity index (χ2v) is 5.67. The lowest BCUT2D eigenvalue weighted by Gasteiger charge is -2.27. The van der Waals surface area contributed by atoms with E-state index in [0.29, 0.717) is 12.5 Å². The van der Waals surface area contributed by atoms with Gasteiger partial charge in [0.05, 0.1) is 13.5 Å². The average molecular weight is 275 g/mol. The molecule has 1 aliphatic rings. The maximum absolute atomic E-state index is 12.4. The molecule has 1 amide bonds.